The summed E-state index contributed by atoms with van der Waals surface area (Å²) >= 11 is 0. The van der Waals surface area contributed by atoms with E-state index in [0.29, 0.717) is 23.6 Å². The van der Waals surface area contributed by atoms with Crippen LogP contribution in [0.25, 0.3) is 0 Å². The van der Waals surface area contributed by atoms with Crippen molar-refractivity contribution in [2.45, 2.75) is 52.1 Å². The molecule has 0 unspecified atom stereocenters. The summed E-state index contributed by atoms with van der Waals surface area (Å²) in [4.78, 5) is 24.0. The zero-order valence-electron chi connectivity index (χ0n) is 16.8. The maximum absolute atomic E-state index is 12.4. The second-order valence-corrected chi connectivity index (χ2v) is 6.63. The van der Waals surface area contributed by atoms with Crippen molar-refractivity contribution < 1.29 is 19.1 Å². The fourth-order valence-corrected chi connectivity index (χ4v) is 2.29. The highest BCUT2D eigenvalue weighted by Crippen LogP contribution is 2.28. The van der Waals surface area contributed by atoms with Crippen molar-refractivity contribution in [3.05, 3.63) is 23.8 Å². The topological polar surface area (TPSA) is 103 Å². The van der Waals surface area contributed by atoms with Crippen LogP contribution in [0.4, 0.5) is 0 Å². The molecule has 0 radical (unpaired) electrons. The van der Waals surface area contributed by atoms with Crippen molar-refractivity contribution in [3.63, 3.8) is 0 Å². The molecule has 0 bridgehead atoms. The standard InChI is InChI=1S/C19H31N3O4.ClH/c1-6-19(20,7-2)12-21-18(24)14-8-9-15(16(10-14)25-5)26-11-17(23)22-13(3)4;/h8-10,13H,6-7,11-12,20H2,1-5H3,(H,21,24)(H,22,23);1H. The van der Waals surface area contributed by atoms with Crippen LogP contribution in [0.3, 0.4) is 0 Å². The second kappa shape index (κ2) is 11.7. The third-order valence-electron chi connectivity index (χ3n) is 4.24. The highest BCUT2D eigenvalue weighted by molar-refractivity contribution is 5.95. The molecule has 0 aliphatic rings. The number of rotatable bonds is 10. The number of methoxy groups -OCH3 is 1. The van der Waals surface area contributed by atoms with Crippen molar-refractivity contribution in [2.75, 3.05) is 20.3 Å². The lowest BCUT2D eigenvalue weighted by Gasteiger charge is -2.26. The Morgan fingerprint density at radius 2 is 1.81 bits per heavy atom. The van der Waals surface area contributed by atoms with Gasteiger partial charge in [-0.15, -0.1) is 12.4 Å². The first kappa shape index (κ1) is 25.0. The molecule has 0 saturated carbocycles. The molecule has 0 saturated heterocycles. The number of carbonyl (C=O) groups is 2. The van der Waals surface area contributed by atoms with Gasteiger partial charge in [0.1, 0.15) is 0 Å². The number of nitrogens with one attached hydrogen (secondary N) is 2. The second-order valence-electron chi connectivity index (χ2n) is 6.63. The first-order valence-electron chi connectivity index (χ1n) is 8.92. The number of nitrogens with two attached hydrogens (primary N) is 1. The van der Waals surface area contributed by atoms with Gasteiger partial charge in [0.2, 0.25) is 0 Å². The first-order chi connectivity index (χ1) is 12.2. The molecule has 2 amide bonds. The van der Waals surface area contributed by atoms with Gasteiger partial charge >= 0.3 is 0 Å². The van der Waals surface area contributed by atoms with E-state index in [1.54, 1.807) is 18.2 Å². The Morgan fingerprint density at radius 3 is 2.33 bits per heavy atom. The highest BCUT2D eigenvalue weighted by Gasteiger charge is 2.21. The predicted octanol–water partition coefficient (Wildman–Crippen LogP) is 2.27. The Bertz CT molecular complexity index is 619. The van der Waals surface area contributed by atoms with E-state index in [-0.39, 0.29) is 36.9 Å². The number of halogens is 1. The molecule has 0 aliphatic heterocycles. The molecule has 0 aliphatic carbocycles. The minimum Gasteiger partial charge on any atom is -0.493 e. The zero-order valence-corrected chi connectivity index (χ0v) is 17.6. The summed E-state index contributed by atoms with van der Waals surface area (Å²) in [6.45, 7) is 8.02. The monoisotopic (exact) mass is 401 g/mol. The van der Waals surface area contributed by atoms with Gasteiger partial charge in [0, 0.05) is 23.7 Å². The van der Waals surface area contributed by atoms with Crippen LogP contribution < -0.4 is 25.8 Å². The van der Waals surface area contributed by atoms with E-state index in [9.17, 15) is 9.59 Å². The van der Waals surface area contributed by atoms with Crippen LogP contribution in [0.15, 0.2) is 18.2 Å². The van der Waals surface area contributed by atoms with Gasteiger partial charge in [-0.2, -0.15) is 0 Å². The zero-order chi connectivity index (χ0) is 19.7. The molecule has 0 heterocycles. The average molecular weight is 402 g/mol. The van der Waals surface area contributed by atoms with Crippen LogP contribution in [0.2, 0.25) is 0 Å². The molecule has 0 atom stereocenters. The molecule has 8 heteroatoms. The van der Waals surface area contributed by atoms with Crippen LogP contribution >= 0.6 is 12.4 Å². The van der Waals surface area contributed by atoms with Crippen LogP contribution in [0, 0.1) is 0 Å². The van der Waals surface area contributed by atoms with Gasteiger partial charge in [0.25, 0.3) is 11.8 Å². The number of carbonyl (C=O) groups excluding carboxylic acids is 2. The maximum Gasteiger partial charge on any atom is 0.258 e. The summed E-state index contributed by atoms with van der Waals surface area (Å²) in [5.41, 5.74) is 6.24. The number of hydrogen-bond acceptors (Lipinski definition) is 5. The van der Waals surface area contributed by atoms with E-state index in [4.69, 9.17) is 15.2 Å². The lowest BCUT2D eigenvalue weighted by molar-refractivity contribution is -0.123. The van der Waals surface area contributed by atoms with Gasteiger partial charge in [0.05, 0.1) is 7.11 Å². The molecule has 1 aromatic carbocycles. The molecule has 0 spiro atoms. The van der Waals surface area contributed by atoms with Crippen molar-refractivity contribution in [1.29, 1.82) is 0 Å². The van der Waals surface area contributed by atoms with E-state index < -0.39 is 5.54 Å². The van der Waals surface area contributed by atoms with Crippen molar-refractivity contribution in [1.82, 2.24) is 10.6 Å². The largest absolute Gasteiger partial charge is 0.493 e. The van der Waals surface area contributed by atoms with Crippen molar-refractivity contribution >= 4 is 24.2 Å². The van der Waals surface area contributed by atoms with Crippen LogP contribution in [-0.4, -0.2) is 43.7 Å². The summed E-state index contributed by atoms with van der Waals surface area (Å²) in [5, 5.41) is 5.60. The summed E-state index contributed by atoms with van der Waals surface area (Å²) in [5.74, 6) is 0.338. The lowest BCUT2D eigenvalue weighted by atomic mass is 9.94. The summed E-state index contributed by atoms with van der Waals surface area (Å²) < 4.78 is 10.8. The minimum absolute atomic E-state index is 0. The summed E-state index contributed by atoms with van der Waals surface area (Å²) in [6.07, 6.45) is 1.55. The smallest absolute Gasteiger partial charge is 0.258 e. The van der Waals surface area contributed by atoms with E-state index in [0.717, 1.165) is 12.8 Å². The number of hydrogen-bond donors (Lipinski definition) is 3. The van der Waals surface area contributed by atoms with E-state index in [1.165, 1.54) is 7.11 Å². The lowest BCUT2D eigenvalue weighted by Crippen LogP contribution is -2.49. The van der Waals surface area contributed by atoms with Crippen LogP contribution in [-0.2, 0) is 4.79 Å². The molecule has 0 aromatic heterocycles. The van der Waals surface area contributed by atoms with E-state index in [1.807, 2.05) is 27.7 Å². The summed E-state index contributed by atoms with van der Waals surface area (Å²) in [7, 11) is 1.48. The number of benzene rings is 1. The Kier molecular flexibility index (Phi) is 10.8. The third-order valence-corrected chi connectivity index (χ3v) is 4.24. The molecule has 4 N–H and O–H groups in total. The number of amides is 2. The van der Waals surface area contributed by atoms with Crippen LogP contribution in [0.1, 0.15) is 50.9 Å². The predicted molar refractivity (Wildman–Crippen MR) is 109 cm³/mol. The van der Waals surface area contributed by atoms with Gasteiger partial charge in [-0.25, -0.2) is 0 Å². The molecule has 27 heavy (non-hydrogen) atoms. The molecular formula is C19H32ClN3O4. The minimum atomic E-state index is -0.410. The molecule has 1 aromatic rings. The first-order valence-corrected chi connectivity index (χ1v) is 8.92. The normalized spacial score (nSPS) is 10.8. The Morgan fingerprint density at radius 1 is 1.19 bits per heavy atom. The molecule has 0 fully saturated rings. The van der Waals surface area contributed by atoms with Gasteiger partial charge in [-0.05, 0) is 44.9 Å². The average Bonchev–Trinajstić information content (AvgIpc) is 2.63. The van der Waals surface area contributed by atoms with Gasteiger partial charge in [-0.1, -0.05) is 13.8 Å². The highest BCUT2D eigenvalue weighted by atomic mass is 35.5. The van der Waals surface area contributed by atoms with E-state index in [2.05, 4.69) is 10.6 Å². The molecular weight excluding hydrogens is 370 g/mol. The molecule has 1 rings (SSSR count). The molecule has 7 nitrogen and oxygen atoms in total. The quantitative estimate of drug-likeness (QED) is 0.558. The fraction of sp³-hybridized carbons (Fsp3) is 0.579. The Labute approximate surface area is 167 Å². The van der Waals surface area contributed by atoms with Gasteiger partial charge < -0.3 is 25.8 Å². The van der Waals surface area contributed by atoms with Crippen LogP contribution in [0.5, 0.6) is 11.5 Å². The number of ether oxygens (including phenoxy) is 2. The Balaban J connectivity index is 0.00000676. The van der Waals surface area contributed by atoms with E-state index >= 15 is 0 Å². The SMILES string of the molecule is CCC(N)(CC)CNC(=O)c1ccc(OCC(=O)NC(C)C)c(OC)c1.Cl. The third kappa shape index (κ3) is 8.05. The van der Waals surface area contributed by atoms with Crippen molar-refractivity contribution in [2.24, 2.45) is 5.73 Å². The van der Waals surface area contributed by atoms with Crippen molar-refractivity contribution in [3.8, 4) is 11.5 Å². The van der Waals surface area contributed by atoms with Gasteiger partial charge in [0.15, 0.2) is 18.1 Å². The maximum atomic E-state index is 12.4. The summed E-state index contributed by atoms with van der Waals surface area (Å²) in [6, 6.07) is 4.87. The molecule has 154 valence electrons. The Hall–Kier alpha value is -1.99. The fourth-order valence-electron chi connectivity index (χ4n) is 2.29. The van der Waals surface area contributed by atoms with Gasteiger partial charge in [-0.3, -0.25) is 9.59 Å².